The predicted molar refractivity (Wildman–Crippen MR) is 87.0 cm³/mol. The van der Waals surface area contributed by atoms with Crippen molar-refractivity contribution in [1.29, 1.82) is 0 Å². The molecule has 0 atom stereocenters. The Balaban J connectivity index is 1.81. The summed E-state index contributed by atoms with van der Waals surface area (Å²) < 4.78 is 11.8. The lowest BCUT2D eigenvalue weighted by Gasteiger charge is -1.99. The fourth-order valence-corrected chi connectivity index (χ4v) is 2.44. The van der Waals surface area contributed by atoms with Gasteiger partial charge in [0.25, 0.3) is 5.91 Å². The third kappa shape index (κ3) is 2.82. The van der Waals surface area contributed by atoms with Crippen LogP contribution in [0.5, 0.6) is 0 Å². The van der Waals surface area contributed by atoms with E-state index in [0.29, 0.717) is 22.8 Å². The third-order valence-electron chi connectivity index (χ3n) is 3.26. The van der Waals surface area contributed by atoms with Gasteiger partial charge in [-0.25, -0.2) is 5.43 Å². The van der Waals surface area contributed by atoms with Crippen molar-refractivity contribution in [2.75, 3.05) is 0 Å². The maximum atomic E-state index is 12.0. The van der Waals surface area contributed by atoms with Crippen LogP contribution in [0.2, 0.25) is 0 Å². The lowest BCUT2D eigenvalue weighted by atomic mass is 10.2. The molecule has 0 aliphatic heterocycles. The number of hydrogen-bond donors (Lipinski definition) is 1. The van der Waals surface area contributed by atoms with Crippen molar-refractivity contribution >= 4 is 38.5 Å². The van der Waals surface area contributed by atoms with E-state index in [0.717, 1.165) is 15.4 Å². The summed E-state index contributed by atoms with van der Waals surface area (Å²) >= 11 is 3.42. The first kappa shape index (κ1) is 14.6. The number of aryl methyl sites for hydroxylation is 1. The molecule has 3 rings (SSSR count). The standard InChI is InChI=1S/C16H13BrN2O3/c1-9(18-19-16(20)13-5-6-21-10(13)2)15-8-11-7-12(17)3-4-14(11)22-15/h3-8H,1-2H3,(H,19,20)/b18-9-. The number of carbonyl (C=O) groups excluding carboxylic acids is 1. The molecule has 112 valence electrons. The molecule has 0 radical (unpaired) electrons. The molecule has 0 spiro atoms. The van der Waals surface area contributed by atoms with Crippen molar-refractivity contribution in [3.63, 3.8) is 0 Å². The monoisotopic (exact) mass is 360 g/mol. The molecule has 2 heterocycles. The fourth-order valence-electron chi connectivity index (χ4n) is 2.06. The van der Waals surface area contributed by atoms with Gasteiger partial charge in [0, 0.05) is 9.86 Å². The van der Waals surface area contributed by atoms with E-state index < -0.39 is 0 Å². The van der Waals surface area contributed by atoms with Gasteiger partial charge in [0.1, 0.15) is 17.1 Å². The average Bonchev–Trinajstić information content (AvgIpc) is 3.09. The number of nitrogens with zero attached hydrogens (tertiary/aromatic N) is 1. The number of rotatable bonds is 3. The van der Waals surface area contributed by atoms with Gasteiger partial charge in [0.15, 0.2) is 5.76 Å². The van der Waals surface area contributed by atoms with Crippen LogP contribution in [0.25, 0.3) is 11.0 Å². The number of carbonyl (C=O) groups is 1. The molecule has 2 aromatic heterocycles. The van der Waals surface area contributed by atoms with Gasteiger partial charge in [-0.15, -0.1) is 0 Å². The minimum absolute atomic E-state index is 0.315. The van der Waals surface area contributed by atoms with E-state index in [1.165, 1.54) is 6.26 Å². The van der Waals surface area contributed by atoms with Gasteiger partial charge in [-0.05, 0) is 44.2 Å². The van der Waals surface area contributed by atoms with Gasteiger partial charge in [-0.3, -0.25) is 4.79 Å². The summed E-state index contributed by atoms with van der Waals surface area (Å²) in [5.74, 6) is 0.848. The number of fused-ring (bicyclic) bond motifs is 1. The average molecular weight is 361 g/mol. The van der Waals surface area contributed by atoms with Gasteiger partial charge in [0.05, 0.1) is 11.8 Å². The number of benzene rings is 1. The highest BCUT2D eigenvalue weighted by atomic mass is 79.9. The number of halogens is 1. The smallest absolute Gasteiger partial charge is 0.274 e. The molecule has 0 aliphatic rings. The summed E-state index contributed by atoms with van der Waals surface area (Å²) in [5, 5.41) is 5.05. The molecule has 22 heavy (non-hydrogen) atoms. The molecule has 0 fully saturated rings. The molecule has 1 amide bonds. The Hall–Kier alpha value is -2.34. The van der Waals surface area contributed by atoms with Crippen molar-refractivity contribution in [1.82, 2.24) is 5.43 Å². The van der Waals surface area contributed by atoms with Crippen LogP contribution in [-0.2, 0) is 0 Å². The zero-order chi connectivity index (χ0) is 15.7. The summed E-state index contributed by atoms with van der Waals surface area (Å²) in [7, 11) is 0. The molecular formula is C16H13BrN2O3. The van der Waals surface area contributed by atoms with Crippen molar-refractivity contribution in [2.24, 2.45) is 5.10 Å². The van der Waals surface area contributed by atoms with E-state index in [9.17, 15) is 4.79 Å². The number of hydrogen-bond acceptors (Lipinski definition) is 4. The molecular weight excluding hydrogens is 348 g/mol. The second kappa shape index (κ2) is 5.81. The normalized spacial score (nSPS) is 11.9. The largest absolute Gasteiger partial charge is 0.469 e. The number of furan rings is 2. The van der Waals surface area contributed by atoms with E-state index >= 15 is 0 Å². The third-order valence-corrected chi connectivity index (χ3v) is 3.76. The minimum Gasteiger partial charge on any atom is -0.469 e. The van der Waals surface area contributed by atoms with Gasteiger partial charge >= 0.3 is 0 Å². The molecule has 0 saturated carbocycles. The van der Waals surface area contributed by atoms with Crippen molar-refractivity contribution in [3.8, 4) is 0 Å². The Morgan fingerprint density at radius 1 is 1.27 bits per heavy atom. The summed E-state index contributed by atoms with van der Waals surface area (Å²) in [6.45, 7) is 3.50. The van der Waals surface area contributed by atoms with E-state index in [1.54, 1.807) is 19.9 Å². The quantitative estimate of drug-likeness (QED) is 0.560. The number of hydrazone groups is 1. The molecule has 0 aliphatic carbocycles. The van der Waals surface area contributed by atoms with Crippen LogP contribution in [0.1, 0.15) is 28.8 Å². The van der Waals surface area contributed by atoms with Gasteiger partial charge in [0.2, 0.25) is 0 Å². The van der Waals surface area contributed by atoms with Gasteiger partial charge in [-0.2, -0.15) is 5.10 Å². The summed E-state index contributed by atoms with van der Waals surface area (Å²) in [4.78, 5) is 12.0. The number of amides is 1. The Bertz CT molecular complexity index is 877. The predicted octanol–water partition coefficient (Wildman–Crippen LogP) is 4.25. The van der Waals surface area contributed by atoms with Crippen LogP contribution < -0.4 is 5.43 Å². The summed E-state index contributed by atoms with van der Waals surface area (Å²) in [6.07, 6.45) is 1.47. The van der Waals surface area contributed by atoms with Gasteiger partial charge in [-0.1, -0.05) is 15.9 Å². The molecule has 5 nitrogen and oxygen atoms in total. The molecule has 0 saturated heterocycles. The highest BCUT2D eigenvalue weighted by Crippen LogP contribution is 2.23. The summed E-state index contributed by atoms with van der Waals surface area (Å²) in [6, 6.07) is 9.24. The van der Waals surface area contributed by atoms with Crippen LogP contribution in [0.3, 0.4) is 0 Å². The van der Waals surface area contributed by atoms with Crippen molar-refractivity contribution < 1.29 is 13.6 Å². The molecule has 6 heteroatoms. The first-order valence-corrected chi connectivity index (χ1v) is 7.42. The van der Waals surface area contributed by atoms with Crippen LogP contribution in [0.4, 0.5) is 0 Å². The van der Waals surface area contributed by atoms with Crippen LogP contribution in [0.15, 0.2) is 55.0 Å². The van der Waals surface area contributed by atoms with Crippen molar-refractivity contribution in [2.45, 2.75) is 13.8 Å². The Labute approximate surface area is 135 Å². The first-order chi connectivity index (χ1) is 10.5. The van der Waals surface area contributed by atoms with Crippen LogP contribution in [0, 0.1) is 6.92 Å². The van der Waals surface area contributed by atoms with Gasteiger partial charge < -0.3 is 8.83 Å². The zero-order valence-electron chi connectivity index (χ0n) is 12.0. The Kier molecular flexibility index (Phi) is 3.85. The number of nitrogens with one attached hydrogen (secondary N) is 1. The van der Waals surface area contributed by atoms with Crippen LogP contribution >= 0.6 is 15.9 Å². The Morgan fingerprint density at radius 3 is 2.82 bits per heavy atom. The molecule has 0 unspecified atom stereocenters. The lowest BCUT2D eigenvalue weighted by molar-refractivity contribution is 0.0953. The summed E-state index contributed by atoms with van der Waals surface area (Å²) in [5.41, 5.74) is 4.32. The van der Waals surface area contributed by atoms with E-state index in [4.69, 9.17) is 8.83 Å². The molecule has 3 aromatic rings. The molecule has 0 bridgehead atoms. The fraction of sp³-hybridized carbons (Fsp3) is 0.125. The second-order valence-electron chi connectivity index (χ2n) is 4.82. The minimum atomic E-state index is -0.315. The Morgan fingerprint density at radius 2 is 2.09 bits per heavy atom. The van der Waals surface area contributed by atoms with E-state index in [2.05, 4.69) is 26.5 Å². The van der Waals surface area contributed by atoms with Crippen molar-refractivity contribution in [3.05, 3.63) is 58.2 Å². The maximum absolute atomic E-state index is 12.0. The SMILES string of the molecule is C/C(=N/NC(=O)c1ccoc1C)c1cc2cc(Br)ccc2o1. The maximum Gasteiger partial charge on any atom is 0.274 e. The first-order valence-electron chi connectivity index (χ1n) is 6.63. The zero-order valence-corrected chi connectivity index (χ0v) is 13.6. The molecule has 1 N–H and O–H groups in total. The topological polar surface area (TPSA) is 67.7 Å². The van der Waals surface area contributed by atoms with E-state index in [-0.39, 0.29) is 5.91 Å². The highest BCUT2D eigenvalue weighted by Gasteiger charge is 2.12. The lowest BCUT2D eigenvalue weighted by Crippen LogP contribution is -2.19. The van der Waals surface area contributed by atoms with Crippen LogP contribution in [-0.4, -0.2) is 11.6 Å². The molecule has 1 aromatic carbocycles. The second-order valence-corrected chi connectivity index (χ2v) is 5.74. The van der Waals surface area contributed by atoms with E-state index in [1.807, 2.05) is 24.3 Å². The highest BCUT2D eigenvalue weighted by molar-refractivity contribution is 9.10.